The van der Waals surface area contributed by atoms with Crippen molar-refractivity contribution in [1.29, 1.82) is 0 Å². The lowest BCUT2D eigenvalue weighted by atomic mass is 10.0. The molecule has 1 saturated heterocycles. The van der Waals surface area contributed by atoms with Gasteiger partial charge < -0.3 is 20.2 Å². The van der Waals surface area contributed by atoms with Crippen LogP contribution in [0, 0.1) is 0 Å². The van der Waals surface area contributed by atoms with Crippen LogP contribution in [-0.2, 0) is 0 Å². The van der Waals surface area contributed by atoms with E-state index in [9.17, 15) is 4.79 Å². The van der Waals surface area contributed by atoms with Crippen molar-refractivity contribution in [2.24, 2.45) is 16.8 Å². The van der Waals surface area contributed by atoms with Crippen LogP contribution in [0.2, 0.25) is 0 Å². The molecule has 0 unspecified atom stereocenters. The Bertz CT molecular complexity index is 960. The molecule has 2 aromatic rings. The first-order chi connectivity index (χ1) is 15.4. The highest BCUT2D eigenvalue weighted by Crippen LogP contribution is 2.34. The maximum Gasteiger partial charge on any atom is 0.324 e. The lowest BCUT2D eigenvalue weighted by Gasteiger charge is -2.38. The summed E-state index contributed by atoms with van der Waals surface area (Å²) in [5, 5.41) is 8.91. The predicted molar refractivity (Wildman–Crippen MR) is 121 cm³/mol. The molecule has 4 N–H and O–H groups in total. The summed E-state index contributed by atoms with van der Waals surface area (Å²) in [6.45, 7) is 7.31. The van der Waals surface area contributed by atoms with Crippen molar-refractivity contribution >= 4 is 23.6 Å². The van der Waals surface area contributed by atoms with Gasteiger partial charge in [0.2, 0.25) is 0 Å². The average molecular weight is 442 g/mol. The summed E-state index contributed by atoms with van der Waals surface area (Å²) >= 11 is 0. The summed E-state index contributed by atoms with van der Waals surface area (Å²) in [5.74, 6) is 13.1. The number of hydrogen-bond donors (Lipinski definition) is 2. The van der Waals surface area contributed by atoms with Crippen LogP contribution in [0.3, 0.4) is 0 Å². The van der Waals surface area contributed by atoms with E-state index in [1.807, 2.05) is 18.7 Å². The number of nitrogens with zero attached hydrogens (tertiary/aromatic N) is 7. The number of rotatable bonds is 6. The molecule has 11 nitrogen and oxygen atoms in total. The van der Waals surface area contributed by atoms with Gasteiger partial charge in [-0.2, -0.15) is 10.1 Å². The van der Waals surface area contributed by atoms with Gasteiger partial charge in [0.25, 0.3) is 5.91 Å². The minimum Gasteiger partial charge on any atom is -0.332 e. The molecule has 0 atom stereocenters. The number of piperidine rings is 1. The molecule has 2 aromatic heterocycles. The molecule has 1 aliphatic carbocycles. The molecule has 1 saturated carbocycles. The molecule has 3 heterocycles. The number of hydrogen-bond acceptors (Lipinski definition) is 9. The highest BCUT2D eigenvalue weighted by atomic mass is 16.5. The van der Waals surface area contributed by atoms with Gasteiger partial charge >= 0.3 is 6.01 Å². The molecule has 32 heavy (non-hydrogen) atoms. The van der Waals surface area contributed by atoms with Gasteiger partial charge in [-0.15, -0.1) is 0 Å². The zero-order chi connectivity index (χ0) is 22.8. The smallest absolute Gasteiger partial charge is 0.324 e. The highest BCUT2D eigenvalue weighted by Gasteiger charge is 2.39. The molecular weight excluding hydrogens is 410 g/mol. The van der Waals surface area contributed by atoms with Gasteiger partial charge in [-0.3, -0.25) is 4.79 Å². The summed E-state index contributed by atoms with van der Waals surface area (Å²) < 4.78 is 5.44. The van der Waals surface area contributed by atoms with Crippen LogP contribution in [0.4, 0.5) is 11.8 Å². The van der Waals surface area contributed by atoms with Gasteiger partial charge in [-0.1, -0.05) is 19.0 Å². The van der Waals surface area contributed by atoms with E-state index in [-0.39, 0.29) is 17.9 Å². The van der Waals surface area contributed by atoms with Gasteiger partial charge in [-0.25, -0.2) is 15.8 Å². The Morgan fingerprint density at radius 1 is 1.22 bits per heavy atom. The van der Waals surface area contributed by atoms with E-state index in [0.29, 0.717) is 29.3 Å². The molecule has 4 rings (SSSR count). The molecule has 2 aliphatic rings. The number of hydrazine groups is 1. The Morgan fingerprint density at radius 3 is 2.44 bits per heavy atom. The molecule has 172 valence electrons. The fraction of sp³-hybridized carbons (Fsp3) is 0.571. The summed E-state index contributed by atoms with van der Waals surface area (Å²) in [5.41, 5.74) is 0.553. The van der Waals surface area contributed by atoms with Crippen LogP contribution >= 0.6 is 0 Å². The van der Waals surface area contributed by atoms with Gasteiger partial charge in [0.15, 0.2) is 5.82 Å². The Balaban J connectivity index is 1.42. The molecule has 2 fully saturated rings. The van der Waals surface area contributed by atoms with E-state index >= 15 is 0 Å². The Labute approximate surface area is 187 Å². The summed E-state index contributed by atoms with van der Waals surface area (Å²) in [7, 11) is 0. The summed E-state index contributed by atoms with van der Waals surface area (Å²) in [6, 6.07) is 4.50. The van der Waals surface area contributed by atoms with Crippen molar-refractivity contribution < 1.29 is 9.32 Å². The van der Waals surface area contributed by atoms with Crippen LogP contribution in [-0.4, -0.2) is 56.9 Å². The van der Waals surface area contributed by atoms with Crippen molar-refractivity contribution in [2.75, 3.05) is 23.0 Å². The third-order valence-corrected chi connectivity index (χ3v) is 6.03. The van der Waals surface area contributed by atoms with E-state index in [1.54, 1.807) is 25.3 Å². The average Bonchev–Trinajstić information content (AvgIpc) is 3.52. The zero-order valence-electron chi connectivity index (χ0n) is 18.8. The van der Waals surface area contributed by atoms with Gasteiger partial charge in [0.05, 0.1) is 5.56 Å². The normalized spacial score (nSPS) is 17.7. The number of nitrogens with two attached hydrogens (primary N) is 2. The van der Waals surface area contributed by atoms with Crippen molar-refractivity contribution in [3.8, 4) is 0 Å². The largest absolute Gasteiger partial charge is 0.332 e. The fourth-order valence-corrected chi connectivity index (χ4v) is 3.94. The molecular formula is C21H31N9O2. The van der Waals surface area contributed by atoms with Crippen LogP contribution in [0.25, 0.3) is 0 Å². The lowest BCUT2D eigenvalue weighted by Crippen LogP contribution is -2.48. The third-order valence-electron chi connectivity index (χ3n) is 6.03. The first-order valence-corrected chi connectivity index (χ1v) is 11.1. The third kappa shape index (κ3) is 4.52. The van der Waals surface area contributed by atoms with Crippen molar-refractivity contribution in [3.63, 3.8) is 0 Å². The molecule has 0 bridgehead atoms. The topological polar surface area (TPSA) is 143 Å². The fourth-order valence-electron chi connectivity index (χ4n) is 3.94. The molecule has 0 aromatic carbocycles. The van der Waals surface area contributed by atoms with E-state index < -0.39 is 0 Å². The number of hydrazone groups is 1. The molecule has 0 radical (unpaired) electrons. The van der Waals surface area contributed by atoms with E-state index in [0.717, 1.165) is 44.6 Å². The van der Waals surface area contributed by atoms with Crippen molar-refractivity contribution in [3.05, 3.63) is 29.7 Å². The van der Waals surface area contributed by atoms with E-state index in [2.05, 4.69) is 25.1 Å². The summed E-state index contributed by atoms with van der Waals surface area (Å²) in [4.78, 5) is 26.4. The zero-order valence-corrected chi connectivity index (χ0v) is 18.8. The molecule has 1 amide bonds. The minimum atomic E-state index is 0.0117. The number of carbonyl (C=O) groups is 1. The number of carbonyl (C=O) groups excluding carboxylic acids is 1. The van der Waals surface area contributed by atoms with Crippen LogP contribution < -0.4 is 21.6 Å². The van der Waals surface area contributed by atoms with Gasteiger partial charge in [-0.05, 0) is 44.7 Å². The quantitative estimate of drug-likeness (QED) is 0.297. The van der Waals surface area contributed by atoms with Crippen LogP contribution in [0.1, 0.15) is 68.6 Å². The number of pyridine rings is 1. The van der Waals surface area contributed by atoms with Crippen LogP contribution in [0.15, 0.2) is 28.0 Å². The van der Waals surface area contributed by atoms with Gasteiger partial charge in [0.1, 0.15) is 11.7 Å². The monoisotopic (exact) mass is 441 g/mol. The lowest BCUT2D eigenvalue weighted by molar-refractivity contribution is 0.0629. The van der Waals surface area contributed by atoms with Crippen molar-refractivity contribution in [2.45, 2.75) is 64.5 Å². The predicted octanol–water partition coefficient (Wildman–Crippen LogP) is 1.83. The highest BCUT2D eigenvalue weighted by molar-refractivity contribution is 5.96. The second-order valence-electron chi connectivity index (χ2n) is 8.70. The first-order valence-electron chi connectivity index (χ1n) is 11.1. The molecule has 0 spiro atoms. The van der Waals surface area contributed by atoms with Gasteiger partial charge in [0, 0.05) is 37.3 Å². The van der Waals surface area contributed by atoms with E-state index in [1.165, 1.54) is 5.01 Å². The standard InChI is InChI=1S/C21H31N9O2/c1-13(2)19-25-21(32-27-19)28-10-8-17(9-11-28)29(16-5-6-16)20(31)15-4-7-18(24-12-15)30(23)14(3)26-22/h4,7,12-13,16-17H,5-6,8-11,22-23H2,1-3H3/b26-14-. The van der Waals surface area contributed by atoms with Crippen molar-refractivity contribution in [1.82, 2.24) is 20.0 Å². The molecule has 11 heteroatoms. The second kappa shape index (κ2) is 9.11. The number of aromatic nitrogens is 3. The second-order valence-corrected chi connectivity index (χ2v) is 8.70. The molecule has 1 aliphatic heterocycles. The van der Waals surface area contributed by atoms with E-state index in [4.69, 9.17) is 16.2 Å². The maximum absolute atomic E-state index is 13.4. The minimum absolute atomic E-state index is 0.0117. The number of amidine groups is 1. The SMILES string of the molecule is C/C(=N/N)N(N)c1ccc(C(=O)N(C2CC2)C2CCN(c3nc(C(C)C)no3)CC2)cn1. The first kappa shape index (κ1) is 22.0. The Morgan fingerprint density at radius 2 is 1.91 bits per heavy atom. The Kier molecular flexibility index (Phi) is 6.26. The van der Waals surface area contributed by atoms with Crippen LogP contribution in [0.5, 0.6) is 0 Å². The number of anilines is 2. The maximum atomic E-state index is 13.4. The summed E-state index contributed by atoms with van der Waals surface area (Å²) in [6.07, 6.45) is 5.37. The Hall–Kier alpha value is -3.21. The number of amides is 1.